The Kier molecular flexibility index (Phi) is 4.65. The highest BCUT2D eigenvalue weighted by atomic mass is 19.2. The second kappa shape index (κ2) is 6.65. The van der Waals surface area contributed by atoms with Gasteiger partial charge in [-0.15, -0.1) is 0 Å². The predicted molar refractivity (Wildman–Crippen MR) is 71.7 cm³/mol. The van der Waals surface area contributed by atoms with Crippen LogP contribution >= 0.6 is 0 Å². The molecule has 0 atom stereocenters. The monoisotopic (exact) mass is 277 g/mol. The van der Waals surface area contributed by atoms with Gasteiger partial charge < -0.3 is 9.57 Å². The number of rotatable bonds is 5. The van der Waals surface area contributed by atoms with Crippen molar-refractivity contribution in [3.8, 4) is 5.75 Å². The van der Waals surface area contributed by atoms with Crippen molar-refractivity contribution in [2.45, 2.75) is 6.61 Å². The molecule has 104 valence electrons. The van der Waals surface area contributed by atoms with E-state index in [2.05, 4.69) is 5.16 Å². The van der Waals surface area contributed by atoms with E-state index < -0.39 is 11.6 Å². The van der Waals surface area contributed by atoms with Gasteiger partial charge in [-0.05, 0) is 23.8 Å². The quantitative estimate of drug-likeness (QED) is 0.618. The summed E-state index contributed by atoms with van der Waals surface area (Å²) in [7, 11) is 1.57. The van der Waals surface area contributed by atoms with Gasteiger partial charge in [-0.2, -0.15) is 0 Å². The van der Waals surface area contributed by atoms with E-state index in [0.717, 1.165) is 11.6 Å². The molecule has 0 radical (unpaired) electrons. The summed E-state index contributed by atoms with van der Waals surface area (Å²) in [5.74, 6) is -1.11. The zero-order valence-corrected chi connectivity index (χ0v) is 10.8. The molecule has 2 aromatic carbocycles. The minimum atomic E-state index is -0.913. The van der Waals surface area contributed by atoms with Gasteiger partial charge in [0.25, 0.3) is 0 Å². The maximum Gasteiger partial charge on any atom is 0.165 e. The first kappa shape index (κ1) is 14.0. The summed E-state index contributed by atoms with van der Waals surface area (Å²) in [4.78, 5) is 4.95. The molecule has 3 nitrogen and oxygen atoms in total. The van der Waals surface area contributed by atoms with Crippen molar-refractivity contribution in [3.05, 3.63) is 65.2 Å². The van der Waals surface area contributed by atoms with Gasteiger partial charge in [0.1, 0.15) is 12.4 Å². The highest BCUT2D eigenvalue weighted by molar-refractivity contribution is 5.79. The van der Waals surface area contributed by atoms with Crippen LogP contribution in [0, 0.1) is 11.6 Å². The summed E-state index contributed by atoms with van der Waals surface area (Å²) in [6, 6.07) is 11.1. The largest absolute Gasteiger partial charge is 0.497 e. The van der Waals surface area contributed by atoms with Crippen LogP contribution < -0.4 is 4.74 Å². The van der Waals surface area contributed by atoms with Gasteiger partial charge >= 0.3 is 0 Å². The highest BCUT2D eigenvalue weighted by Crippen LogP contribution is 2.13. The van der Waals surface area contributed by atoms with Crippen molar-refractivity contribution in [2.24, 2.45) is 5.16 Å². The van der Waals surface area contributed by atoms with Gasteiger partial charge in [0, 0.05) is 5.56 Å². The van der Waals surface area contributed by atoms with Gasteiger partial charge in [0.15, 0.2) is 11.6 Å². The lowest BCUT2D eigenvalue weighted by Crippen LogP contribution is -1.95. The number of benzene rings is 2. The molecule has 0 aromatic heterocycles. The van der Waals surface area contributed by atoms with Crippen molar-refractivity contribution in [1.29, 1.82) is 0 Å². The van der Waals surface area contributed by atoms with E-state index in [4.69, 9.17) is 9.57 Å². The molecule has 0 spiro atoms. The molecule has 0 unspecified atom stereocenters. The Bertz CT molecular complexity index is 615. The summed E-state index contributed by atoms with van der Waals surface area (Å²) in [5.41, 5.74) is 0.900. The molecule has 0 aliphatic rings. The zero-order chi connectivity index (χ0) is 14.4. The molecular formula is C15H13F2NO2. The van der Waals surface area contributed by atoms with Gasteiger partial charge in [-0.1, -0.05) is 29.4 Å². The van der Waals surface area contributed by atoms with Gasteiger partial charge in [0.2, 0.25) is 0 Å². The molecule has 5 heteroatoms. The average molecular weight is 277 g/mol. The van der Waals surface area contributed by atoms with Crippen LogP contribution in [0.4, 0.5) is 8.78 Å². The number of nitrogens with zero attached hydrogens (tertiary/aromatic N) is 1. The van der Waals surface area contributed by atoms with Gasteiger partial charge in [0.05, 0.1) is 13.3 Å². The van der Waals surface area contributed by atoms with Crippen molar-refractivity contribution in [3.63, 3.8) is 0 Å². The fourth-order valence-corrected chi connectivity index (χ4v) is 1.59. The normalized spacial score (nSPS) is 10.8. The maximum absolute atomic E-state index is 13.3. The summed E-state index contributed by atoms with van der Waals surface area (Å²) in [6.07, 6.45) is 1.47. The summed E-state index contributed by atoms with van der Waals surface area (Å²) in [5, 5.41) is 3.71. The van der Waals surface area contributed by atoms with E-state index in [-0.39, 0.29) is 12.2 Å². The van der Waals surface area contributed by atoms with Crippen molar-refractivity contribution in [2.75, 3.05) is 7.11 Å². The van der Waals surface area contributed by atoms with Crippen LogP contribution in [0.25, 0.3) is 0 Å². The molecule has 0 saturated carbocycles. The molecule has 20 heavy (non-hydrogen) atoms. The number of hydrogen-bond donors (Lipinski definition) is 0. The second-order valence-corrected chi connectivity index (χ2v) is 4.00. The Morgan fingerprint density at radius 2 is 1.95 bits per heavy atom. The molecule has 0 N–H and O–H groups in total. The number of halogens is 2. The fraction of sp³-hybridized carbons (Fsp3) is 0.133. The molecule has 0 fully saturated rings. The van der Waals surface area contributed by atoms with E-state index in [1.54, 1.807) is 19.2 Å². The van der Waals surface area contributed by atoms with Crippen LogP contribution in [0.1, 0.15) is 11.1 Å². The molecule has 2 aromatic rings. The molecule has 0 saturated heterocycles. The Morgan fingerprint density at radius 1 is 1.15 bits per heavy atom. The van der Waals surface area contributed by atoms with Crippen LogP contribution in [-0.4, -0.2) is 13.3 Å². The molecule has 0 aliphatic heterocycles. The summed E-state index contributed by atoms with van der Waals surface area (Å²) < 4.78 is 31.3. The lowest BCUT2D eigenvalue weighted by Gasteiger charge is -2.02. The summed E-state index contributed by atoms with van der Waals surface area (Å²) in [6.45, 7) is -0.135. The van der Waals surface area contributed by atoms with Gasteiger partial charge in [-0.3, -0.25) is 0 Å². The van der Waals surface area contributed by atoms with Crippen LogP contribution in [0.5, 0.6) is 5.75 Å². The number of methoxy groups -OCH3 is 1. The lowest BCUT2D eigenvalue weighted by molar-refractivity contribution is 0.129. The van der Waals surface area contributed by atoms with Crippen LogP contribution in [-0.2, 0) is 11.4 Å². The van der Waals surface area contributed by atoms with Crippen molar-refractivity contribution in [1.82, 2.24) is 0 Å². The van der Waals surface area contributed by atoms with E-state index in [1.807, 2.05) is 12.1 Å². The number of ether oxygens (including phenoxy) is 1. The highest BCUT2D eigenvalue weighted by Gasteiger charge is 2.07. The molecule has 2 rings (SSSR count). The number of oxime groups is 1. The minimum absolute atomic E-state index is 0.118. The third-order valence-electron chi connectivity index (χ3n) is 2.62. The molecular weight excluding hydrogens is 264 g/mol. The lowest BCUT2D eigenvalue weighted by atomic mass is 10.2. The molecule has 0 amide bonds. The first-order chi connectivity index (χ1) is 9.70. The Morgan fingerprint density at radius 3 is 2.75 bits per heavy atom. The Balaban J connectivity index is 1.95. The smallest absolute Gasteiger partial charge is 0.165 e. The van der Waals surface area contributed by atoms with Crippen LogP contribution in [0.15, 0.2) is 47.6 Å². The van der Waals surface area contributed by atoms with E-state index >= 15 is 0 Å². The fourth-order valence-electron chi connectivity index (χ4n) is 1.59. The number of hydrogen-bond acceptors (Lipinski definition) is 3. The van der Waals surface area contributed by atoms with Gasteiger partial charge in [-0.25, -0.2) is 8.78 Å². The Hall–Kier alpha value is -2.43. The average Bonchev–Trinajstić information content (AvgIpc) is 2.48. The van der Waals surface area contributed by atoms with E-state index in [9.17, 15) is 8.78 Å². The topological polar surface area (TPSA) is 30.8 Å². The standard InChI is InChI=1S/C15H13F2NO2/c1-19-13-6-2-4-11(8-13)9-18-20-10-12-5-3-7-14(16)15(12)17/h2-9H,10H2,1H3. The molecule has 0 bridgehead atoms. The third kappa shape index (κ3) is 3.54. The zero-order valence-electron chi connectivity index (χ0n) is 10.8. The predicted octanol–water partition coefficient (Wildman–Crippen LogP) is 3.52. The van der Waals surface area contributed by atoms with Crippen LogP contribution in [0.2, 0.25) is 0 Å². The van der Waals surface area contributed by atoms with Crippen LogP contribution in [0.3, 0.4) is 0 Å². The second-order valence-electron chi connectivity index (χ2n) is 4.00. The molecule has 0 heterocycles. The first-order valence-electron chi connectivity index (χ1n) is 5.93. The maximum atomic E-state index is 13.3. The Labute approximate surface area is 115 Å². The van der Waals surface area contributed by atoms with Crippen molar-refractivity contribution < 1.29 is 18.4 Å². The summed E-state index contributed by atoms with van der Waals surface area (Å²) >= 11 is 0. The third-order valence-corrected chi connectivity index (χ3v) is 2.62. The van der Waals surface area contributed by atoms with E-state index in [1.165, 1.54) is 18.3 Å². The molecule has 0 aliphatic carbocycles. The van der Waals surface area contributed by atoms with Crippen molar-refractivity contribution >= 4 is 6.21 Å². The minimum Gasteiger partial charge on any atom is -0.497 e. The SMILES string of the molecule is COc1cccc(C=NOCc2cccc(F)c2F)c1. The first-order valence-corrected chi connectivity index (χ1v) is 5.93. The van der Waals surface area contributed by atoms with E-state index in [0.29, 0.717) is 5.75 Å².